The molecule has 1 aromatic heterocycles. The van der Waals surface area contributed by atoms with E-state index in [4.69, 9.17) is 20.6 Å². The Bertz CT molecular complexity index is 962. The van der Waals surface area contributed by atoms with Crippen LogP contribution in [0.25, 0.3) is 0 Å². The van der Waals surface area contributed by atoms with Gasteiger partial charge in [0.15, 0.2) is 0 Å². The Morgan fingerprint density at radius 1 is 1.22 bits per heavy atom. The van der Waals surface area contributed by atoms with E-state index in [0.29, 0.717) is 56.2 Å². The monoisotopic (exact) mass is 440 g/mol. The predicted molar refractivity (Wildman–Crippen MR) is 122 cm³/mol. The van der Waals surface area contributed by atoms with Crippen LogP contribution in [0.3, 0.4) is 0 Å². The van der Waals surface area contributed by atoms with Gasteiger partial charge < -0.3 is 25.0 Å². The summed E-state index contributed by atoms with van der Waals surface area (Å²) in [5, 5.41) is 8.80. The molecular weight excluding hydrogens is 408 g/mol. The summed E-state index contributed by atoms with van der Waals surface area (Å²) in [7, 11) is 0. The van der Waals surface area contributed by atoms with E-state index in [0.717, 1.165) is 18.7 Å². The smallest absolute Gasteiger partial charge is 0.409 e. The molecule has 3 aliphatic rings. The standard InChI is InChI=1S/C23H32N6O3/c1-4-31-21(30)29-11-9-28(10-12-29)19-13-18(26-15-27-19)20(25)16-14-23(3,6-5-17(16)24)32-22(2)7-8-22/h5,13-15,25H,4,6-12,24H2,1-3H3. The Morgan fingerprint density at radius 3 is 2.59 bits per heavy atom. The van der Waals surface area contributed by atoms with Crippen LogP contribution in [0.2, 0.25) is 0 Å². The Hall–Kier alpha value is -2.94. The van der Waals surface area contributed by atoms with Gasteiger partial charge in [0, 0.05) is 49.9 Å². The van der Waals surface area contributed by atoms with E-state index in [1.165, 1.54) is 6.33 Å². The lowest BCUT2D eigenvalue weighted by Gasteiger charge is -2.35. The van der Waals surface area contributed by atoms with Crippen molar-refractivity contribution in [1.82, 2.24) is 14.9 Å². The zero-order valence-corrected chi connectivity index (χ0v) is 19.1. The van der Waals surface area contributed by atoms with Gasteiger partial charge in [-0.15, -0.1) is 0 Å². The fourth-order valence-electron chi connectivity index (χ4n) is 4.13. The van der Waals surface area contributed by atoms with E-state index >= 15 is 0 Å². The van der Waals surface area contributed by atoms with Crippen LogP contribution in [-0.2, 0) is 9.47 Å². The number of ether oxygens (including phenoxy) is 2. The molecule has 32 heavy (non-hydrogen) atoms. The second-order valence-corrected chi connectivity index (χ2v) is 9.10. The lowest BCUT2D eigenvalue weighted by Crippen LogP contribution is -2.49. The molecule has 3 N–H and O–H groups in total. The Kier molecular flexibility index (Phi) is 5.94. The number of aromatic nitrogens is 2. The molecule has 0 radical (unpaired) electrons. The fourth-order valence-corrected chi connectivity index (χ4v) is 4.13. The number of nitrogens with zero attached hydrogens (tertiary/aromatic N) is 4. The van der Waals surface area contributed by atoms with Crippen LogP contribution >= 0.6 is 0 Å². The highest BCUT2D eigenvalue weighted by Gasteiger charge is 2.44. The molecule has 9 heteroatoms. The van der Waals surface area contributed by atoms with E-state index in [1.807, 2.05) is 25.1 Å². The van der Waals surface area contributed by atoms with Crippen LogP contribution in [0.15, 0.2) is 35.8 Å². The van der Waals surface area contributed by atoms with Gasteiger partial charge >= 0.3 is 6.09 Å². The molecule has 1 atom stereocenters. The Balaban J connectivity index is 1.48. The minimum Gasteiger partial charge on any atom is -0.450 e. The van der Waals surface area contributed by atoms with Crippen molar-refractivity contribution in [3.63, 3.8) is 0 Å². The van der Waals surface area contributed by atoms with E-state index in [2.05, 4.69) is 21.8 Å². The van der Waals surface area contributed by atoms with Crippen molar-refractivity contribution in [3.05, 3.63) is 41.5 Å². The topological polar surface area (TPSA) is 118 Å². The van der Waals surface area contributed by atoms with E-state index < -0.39 is 5.60 Å². The van der Waals surface area contributed by atoms with Gasteiger partial charge in [-0.2, -0.15) is 0 Å². The average Bonchev–Trinajstić information content (AvgIpc) is 3.51. The molecule has 1 saturated heterocycles. The minimum absolute atomic E-state index is 0.0771. The lowest BCUT2D eigenvalue weighted by molar-refractivity contribution is -0.0587. The molecule has 1 saturated carbocycles. The van der Waals surface area contributed by atoms with Gasteiger partial charge in [0.25, 0.3) is 0 Å². The molecule has 2 aliphatic carbocycles. The van der Waals surface area contributed by atoms with Gasteiger partial charge in [-0.05, 0) is 39.7 Å². The molecule has 0 bridgehead atoms. The highest BCUT2D eigenvalue weighted by atomic mass is 16.6. The third-order valence-electron chi connectivity index (χ3n) is 6.23. The normalized spacial score (nSPS) is 24.5. The van der Waals surface area contributed by atoms with Crippen molar-refractivity contribution < 1.29 is 14.3 Å². The first-order chi connectivity index (χ1) is 15.2. The Labute approximate surface area is 188 Å². The lowest BCUT2D eigenvalue weighted by atomic mass is 9.88. The van der Waals surface area contributed by atoms with Crippen LogP contribution in [0.1, 0.15) is 45.7 Å². The molecule has 172 valence electrons. The molecule has 2 fully saturated rings. The van der Waals surface area contributed by atoms with Gasteiger partial charge in [0.1, 0.15) is 12.1 Å². The second-order valence-electron chi connectivity index (χ2n) is 9.10. The zero-order chi connectivity index (χ0) is 22.9. The van der Waals surface area contributed by atoms with Crippen LogP contribution in [0.5, 0.6) is 0 Å². The summed E-state index contributed by atoms with van der Waals surface area (Å²) in [6.07, 6.45) is 7.89. The van der Waals surface area contributed by atoms with E-state index in [1.54, 1.807) is 11.8 Å². The number of carbonyl (C=O) groups is 1. The minimum atomic E-state index is -0.491. The van der Waals surface area contributed by atoms with Gasteiger partial charge in [0.2, 0.25) is 0 Å². The Morgan fingerprint density at radius 2 is 1.94 bits per heavy atom. The number of hydrogen-bond donors (Lipinski definition) is 2. The van der Waals surface area contributed by atoms with Gasteiger partial charge in [-0.3, -0.25) is 5.41 Å². The number of nitrogens with two attached hydrogens (primary N) is 1. The number of amides is 1. The molecule has 2 heterocycles. The molecule has 0 aromatic carbocycles. The highest BCUT2D eigenvalue weighted by Crippen LogP contribution is 2.44. The van der Waals surface area contributed by atoms with Crippen molar-refractivity contribution in [2.75, 3.05) is 37.7 Å². The fraction of sp³-hybridized carbons (Fsp3) is 0.565. The third kappa shape index (κ3) is 4.77. The van der Waals surface area contributed by atoms with Crippen LogP contribution in [0, 0.1) is 5.41 Å². The molecular formula is C23H32N6O3. The first-order valence-corrected chi connectivity index (χ1v) is 11.2. The van der Waals surface area contributed by atoms with Crippen LogP contribution in [-0.4, -0.2) is 70.7 Å². The number of rotatable bonds is 6. The van der Waals surface area contributed by atoms with Crippen molar-refractivity contribution in [2.45, 2.75) is 51.2 Å². The summed E-state index contributed by atoms with van der Waals surface area (Å²) >= 11 is 0. The van der Waals surface area contributed by atoms with Gasteiger partial charge in [0.05, 0.1) is 29.2 Å². The molecule has 0 spiro atoms. The summed E-state index contributed by atoms with van der Waals surface area (Å²) in [6.45, 7) is 8.73. The van der Waals surface area contributed by atoms with Crippen molar-refractivity contribution in [2.24, 2.45) is 5.73 Å². The zero-order valence-electron chi connectivity index (χ0n) is 19.1. The number of carbonyl (C=O) groups excluding carboxylic acids is 1. The number of nitrogens with one attached hydrogen (secondary N) is 1. The number of piperazine rings is 1. The first-order valence-electron chi connectivity index (χ1n) is 11.2. The summed E-state index contributed by atoms with van der Waals surface area (Å²) in [6, 6.07) is 1.81. The van der Waals surface area contributed by atoms with Crippen molar-refractivity contribution >= 4 is 17.6 Å². The predicted octanol–water partition coefficient (Wildman–Crippen LogP) is 2.62. The quantitative estimate of drug-likeness (QED) is 0.653. The maximum atomic E-state index is 11.9. The highest BCUT2D eigenvalue weighted by molar-refractivity contribution is 6.12. The van der Waals surface area contributed by atoms with E-state index in [9.17, 15) is 4.79 Å². The SMILES string of the molecule is CCOC(=O)N1CCN(c2cc(C(=N)C3=CC(C)(OC4(C)CC4)CC=C3N)ncn2)CC1. The summed E-state index contributed by atoms with van der Waals surface area (Å²) < 4.78 is 11.4. The van der Waals surface area contributed by atoms with Gasteiger partial charge in [-0.1, -0.05) is 6.08 Å². The maximum absolute atomic E-state index is 11.9. The molecule has 1 aliphatic heterocycles. The summed E-state index contributed by atoms with van der Waals surface area (Å²) in [5.74, 6) is 0.728. The molecule has 1 unspecified atom stereocenters. The molecule has 4 rings (SSSR count). The molecule has 1 aromatic rings. The number of hydrogen-bond acceptors (Lipinski definition) is 8. The van der Waals surface area contributed by atoms with Crippen molar-refractivity contribution in [1.29, 1.82) is 5.41 Å². The van der Waals surface area contributed by atoms with Gasteiger partial charge in [-0.25, -0.2) is 14.8 Å². The molecule has 9 nitrogen and oxygen atoms in total. The van der Waals surface area contributed by atoms with Crippen molar-refractivity contribution in [3.8, 4) is 0 Å². The first kappa shape index (κ1) is 22.3. The number of anilines is 1. The molecule has 1 amide bonds. The van der Waals surface area contributed by atoms with E-state index in [-0.39, 0.29) is 17.4 Å². The van der Waals surface area contributed by atoms with Crippen LogP contribution in [0.4, 0.5) is 10.6 Å². The third-order valence-corrected chi connectivity index (χ3v) is 6.23. The summed E-state index contributed by atoms with van der Waals surface area (Å²) in [5.41, 5.74) is 7.66. The average molecular weight is 441 g/mol. The second kappa shape index (κ2) is 8.54. The number of allylic oxidation sites excluding steroid dienone is 1. The maximum Gasteiger partial charge on any atom is 0.409 e. The van der Waals surface area contributed by atoms with Crippen LogP contribution < -0.4 is 10.6 Å². The summed E-state index contributed by atoms with van der Waals surface area (Å²) in [4.78, 5) is 24.4. The largest absolute Gasteiger partial charge is 0.450 e.